The van der Waals surface area contributed by atoms with Gasteiger partial charge in [-0.15, -0.1) is 0 Å². The average Bonchev–Trinajstić information content (AvgIpc) is 2.86. The number of ether oxygens (including phenoxy) is 1. The van der Waals surface area contributed by atoms with Crippen molar-refractivity contribution < 1.29 is 14.3 Å². The summed E-state index contributed by atoms with van der Waals surface area (Å²) in [6, 6.07) is 13.9. The van der Waals surface area contributed by atoms with Gasteiger partial charge in [0.2, 0.25) is 0 Å². The van der Waals surface area contributed by atoms with Crippen molar-refractivity contribution in [2.24, 2.45) is 11.8 Å². The molecule has 1 aliphatic heterocycles. The van der Waals surface area contributed by atoms with Gasteiger partial charge in [-0.2, -0.15) is 0 Å². The largest absolute Gasteiger partial charge is 0.468 e. The maximum Gasteiger partial charge on any atom is 0.316 e. The van der Waals surface area contributed by atoms with Crippen LogP contribution in [0.1, 0.15) is 36.1 Å². The highest BCUT2D eigenvalue weighted by atomic mass is 16.5. The Morgan fingerprint density at radius 2 is 1.83 bits per heavy atom. The molecule has 5 nitrogen and oxygen atoms in total. The number of allylic oxidation sites excluding steroid dienone is 1. The Balaban J connectivity index is 1.91. The molecule has 4 rings (SSSR count). The normalized spacial score (nSPS) is 23.3. The Morgan fingerprint density at radius 1 is 1.10 bits per heavy atom. The van der Waals surface area contributed by atoms with E-state index in [1.807, 2.05) is 38.1 Å². The fraction of sp³-hybridized carbons (Fsp3) is 0.333. The minimum absolute atomic E-state index is 0.134. The van der Waals surface area contributed by atoms with Crippen molar-refractivity contribution in [3.05, 3.63) is 70.4 Å². The zero-order valence-corrected chi connectivity index (χ0v) is 17.2. The number of benzene rings is 2. The zero-order valence-electron chi connectivity index (χ0n) is 17.2. The number of rotatable bonds is 2. The maximum atomic E-state index is 13.6. The van der Waals surface area contributed by atoms with E-state index in [9.17, 15) is 9.59 Å². The van der Waals surface area contributed by atoms with Gasteiger partial charge in [0, 0.05) is 11.3 Å². The van der Waals surface area contributed by atoms with Crippen LogP contribution in [-0.4, -0.2) is 18.9 Å². The molecule has 1 heterocycles. The van der Waals surface area contributed by atoms with Gasteiger partial charge in [-0.3, -0.25) is 9.59 Å². The molecule has 2 aromatic rings. The molecule has 3 atom stereocenters. The molecule has 2 aliphatic rings. The van der Waals surface area contributed by atoms with Gasteiger partial charge in [0.05, 0.1) is 24.5 Å². The van der Waals surface area contributed by atoms with Gasteiger partial charge in [-0.25, -0.2) is 0 Å². The van der Waals surface area contributed by atoms with Crippen molar-refractivity contribution in [3.63, 3.8) is 0 Å². The smallest absolute Gasteiger partial charge is 0.316 e. The van der Waals surface area contributed by atoms with E-state index in [1.54, 1.807) is 0 Å². The van der Waals surface area contributed by atoms with E-state index in [4.69, 9.17) is 4.74 Å². The number of esters is 1. The van der Waals surface area contributed by atoms with Crippen LogP contribution in [-0.2, 0) is 14.3 Å². The van der Waals surface area contributed by atoms with E-state index in [0.29, 0.717) is 12.0 Å². The molecule has 0 saturated carbocycles. The van der Waals surface area contributed by atoms with Gasteiger partial charge >= 0.3 is 5.97 Å². The molecule has 150 valence electrons. The van der Waals surface area contributed by atoms with Gasteiger partial charge < -0.3 is 15.4 Å². The van der Waals surface area contributed by atoms with E-state index < -0.39 is 11.9 Å². The second-order valence-corrected chi connectivity index (χ2v) is 8.05. The molecule has 3 unspecified atom stereocenters. The van der Waals surface area contributed by atoms with Gasteiger partial charge in [0.15, 0.2) is 5.78 Å². The minimum atomic E-state index is -0.781. The molecule has 29 heavy (non-hydrogen) atoms. The summed E-state index contributed by atoms with van der Waals surface area (Å²) in [5, 5.41) is 7.05. The number of fused-ring (bicyclic) bond motifs is 1. The third kappa shape index (κ3) is 3.31. The number of aryl methyl sites for hydroxylation is 2. The molecule has 0 bridgehead atoms. The van der Waals surface area contributed by atoms with Crippen LogP contribution >= 0.6 is 0 Å². The summed E-state index contributed by atoms with van der Waals surface area (Å²) in [7, 11) is 1.34. The summed E-state index contributed by atoms with van der Waals surface area (Å²) in [4.78, 5) is 26.0. The number of hydrogen-bond donors (Lipinski definition) is 2. The summed E-state index contributed by atoms with van der Waals surface area (Å²) >= 11 is 0. The second kappa shape index (κ2) is 7.39. The van der Waals surface area contributed by atoms with E-state index in [0.717, 1.165) is 33.8 Å². The lowest BCUT2D eigenvalue weighted by atomic mass is 9.74. The van der Waals surface area contributed by atoms with Gasteiger partial charge in [0.1, 0.15) is 5.92 Å². The molecule has 0 saturated heterocycles. The number of Topliss-reactive ketones (excluding diaryl/α,β-unsaturated/α-hetero) is 1. The average molecular weight is 390 g/mol. The van der Waals surface area contributed by atoms with E-state index in [1.165, 1.54) is 7.11 Å². The molecule has 2 N–H and O–H groups in total. The van der Waals surface area contributed by atoms with Gasteiger partial charge in [0.25, 0.3) is 0 Å². The number of ketones is 1. The fourth-order valence-electron chi connectivity index (χ4n) is 4.44. The Bertz CT molecular complexity index is 1020. The van der Waals surface area contributed by atoms with Crippen molar-refractivity contribution in [1.82, 2.24) is 0 Å². The number of anilines is 2. The molecule has 0 spiro atoms. The van der Waals surface area contributed by atoms with Crippen molar-refractivity contribution >= 4 is 23.1 Å². The van der Waals surface area contributed by atoms with Crippen LogP contribution in [0.15, 0.2) is 53.7 Å². The van der Waals surface area contributed by atoms with Crippen LogP contribution in [0.3, 0.4) is 0 Å². The van der Waals surface area contributed by atoms with Crippen molar-refractivity contribution in [1.29, 1.82) is 0 Å². The lowest BCUT2D eigenvalue weighted by Crippen LogP contribution is -2.39. The van der Waals surface area contributed by atoms with Crippen molar-refractivity contribution in [2.75, 3.05) is 17.7 Å². The molecular weight excluding hydrogens is 364 g/mol. The third-order valence-corrected chi connectivity index (χ3v) is 5.97. The lowest BCUT2D eigenvalue weighted by Gasteiger charge is -2.33. The summed E-state index contributed by atoms with van der Waals surface area (Å²) in [6.45, 7) is 6.03. The van der Waals surface area contributed by atoms with E-state index in [-0.39, 0.29) is 17.7 Å². The number of methoxy groups -OCH3 is 1. The standard InChI is InChI=1S/C24H26N2O3/c1-13-9-10-14(2)16(11-13)22-21-19(25-17-7-5-6-8-18(17)26-22)12-15(3)20(23(21)27)24(28)29-4/h5-11,15,20,22,25-26H,12H2,1-4H3. The van der Waals surface area contributed by atoms with Crippen LogP contribution in [0.25, 0.3) is 0 Å². The SMILES string of the molecule is COC(=O)C1C(=O)C2=C(CC1C)Nc1ccccc1NC2c1cc(C)ccc1C. The van der Waals surface area contributed by atoms with Crippen molar-refractivity contribution in [3.8, 4) is 0 Å². The minimum Gasteiger partial charge on any atom is -0.468 e. The predicted octanol–water partition coefficient (Wildman–Crippen LogP) is 4.53. The first-order valence-corrected chi connectivity index (χ1v) is 9.95. The van der Waals surface area contributed by atoms with Crippen LogP contribution in [0.5, 0.6) is 0 Å². The molecule has 1 aliphatic carbocycles. The number of carbonyl (C=O) groups excluding carboxylic acids is 2. The third-order valence-electron chi connectivity index (χ3n) is 5.97. The second-order valence-electron chi connectivity index (χ2n) is 8.05. The van der Waals surface area contributed by atoms with Crippen LogP contribution in [0.2, 0.25) is 0 Å². The van der Waals surface area contributed by atoms with E-state index in [2.05, 4.69) is 35.8 Å². The Morgan fingerprint density at radius 3 is 2.55 bits per heavy atom. The van der Waals surface area contributed by atoms with Crippen molar-refractivity contribution in [2.45, 2.75) is 33.2 Å². The molecule has 0 fully saturated rings. The highest BCUT2D eigenvalue weighted by molar-refractivity contribution is 6.11. The summed E-state index contributed by atoms with van der Waals surface area (Å²) in [5.74, 6) is -1.54. The molecule has 2 aromatic carbocycles. The Kier molecular flexibility index (Phi) is 4.91. The molecular formula is C24H26N2O3. The molecule has 0 aromatic heterocycles. The number of hydrogen-bond acceptors (Lipinski definition) is 5. The Hall–Kier alpha value is -3.08. The number of carbonyl (C=O) groups is 2. The number of nitrogens with one attached hydrogen (secondary N) is 2. The first-order valence-electron chi connectivity index (χ1n) is 9.95. The fourth-order valence-corrected chi connectivity index (χ4v) is 4.44. The summed E-state index contributed by atoms with van der Waals surface area (Å²) in [5.41, 5.74) is 6.64. The lowest BCUT2D eigenvalue weighted by molar-refractivity contribution is -0.151. The highest BCUT2D eigenvalue weighted by Gasteiger charge is 2.44. The van der Waals surface area contributed by atoms with E-state index >= 15 is 0 Å². The first-order chi connectivity index (χ1) is 13.9. The highest BCUT2D eigenvalue weighted by Crippen LogP contribution is 2.44. The molecule has 5 heteroatoms. The Labute approximate surface area is 171 Å². The predicted molar refractivity (Wildman–Crippen MR) is 114 cm³/mol. The van der Waals surface area contributed by atoms with Crippen LogP contribution in [0, 0.1) is 25.7 Å². The summed E-state index contributed by atoms with van der Waals surface area (Å²) < 4.78 is 4.96. The van der Waals surface area contributed by atoms with Crippen LogP contribution < -0.4 is 10.6 Å². The summed E-state index contributed by atoms with van der Waals surface area (Å²) in [6.07, 6.45) is 0.609. The number of para-hydroxylation sites is 2. The first kappa shape index (κ1) is 19.2. The van der Waals surface area contributed by atoms with Gasteiger partial charge in [-0.1, -0.05) is 42.8 Å². The molecule has 0 amide bonds. The zero-order chi connectivity index (χ0) is 20.7. The topological polar surface area (TPSA) is 67.4 Å². The quantitative estimate of drug-likeness (QED) is 0.582. The maximum absolute atomic E-state index is 13.6. The van der Waals surface area contributed by atoms with Gasteiger partial charge in [-0.05, 0) is 49.4 Å². The monoisotopic (exact) mass is 390 g/mol. The molecule has 0 radical (unpaired) electrons. The van der Waals surface area contributed by atoms with Crippen LogP contribution in [0.4, 0.5) is 11.4 Å².